The maximum Gasteiger partial charge on any atom is 0.184 e. The lowest BCUT2D eigenvalue weighted by atomic mass is 9.91. The Labute approximate surface area is 81.6 Å². The van der Waals surface area contributed by atoms with E-state index in [0.717, 1.165) is 19.4 Å². The van der Waals surface area contributed by atoms with E-state index in [1.165, 1.54) is 6.42 Å². The SMILES string of the molecule is CCC1OC1OCCCC(C)(C)C. The van der Waals surface area contributed by atoms with Crippen LogP contribution in [0.2, 0.25) is 0 Å². The third kappa shape index (κ3) is 4.63. The molecule has 1 heterocycles. The van der Waals surface area contributed by atoms with Crippen molar-refractivity contribution in [2.75, 3.05) is 6.61 Å². The van der Waals surface area contributed by atoms with Gasteiger partial charge in [-0.15, -0.1) is 0 Å². The fraction of sp³-hybridized carbons (Fsp3) is 1.00. The van der Waals surface area contributed by atoms with E-state index >= 15 is 0 Å². The Morgan fingerprint density at radius 2 is 2.00 bits per heavy atom. The van der Waals surface area contributed by atoms with Gasteiger partial charge in [0.15, 0.2) is 6.29 Å². The van der Waals surface area contributed by atoms with Crippen molar-refractivity contribution in [3.05, 3.63) is 0 Å². The molecular formula is C11H22O2. The summed E-state index contributed by atoms with van der Waals surface area (Å²) in [6.07, 6.45) is 3.93. The molecule has 78 valence electrons. The highest BCUT2D eigenvalue weighted by Gasteiger charge is 2.37. The van der Waals surface area contributed by atoms with E-state index in [1.54, 1.807) is 0 Å². The maximum atomic E-state index is 5.53. The van der Waals surface area contributed by atoms with Crippen molar-refractivity contribution in [3.8, 4) is 0 Å². The van der Waals surface area contributed by atoms with Crippen molar-refractivity contribution in [2.45, 2.75) is 59.4 Å². The third-order valence-corrected chi connectivity index (χ3v) is 2.29. The molecule has 0 aromatic carbocycles. The lowest BCUT2D eigenvalue weighted by Gasteiger charge is -2.17. The van der Waals surface area contributed by atoms with E-state index in [4.69, 9.17) is 9.47 Å². The molecule has 0 saturated carbocycles. The van der Waals surface area contributed by atoms with Crippen LogP contribution in [-0.4, -0.2) is 19.0 Å². The van der Waals surface area contributed by atoms with E-state index in [0.29, 0.717) is 11.5 Å². The molecule has 13 heavy (non-hydrogen) atoms. The fourth-order valence-electron chi connectivity index (χ4n) is 1.36. The molecule has 0 aromatic rings. The Hall–Kier alpha value is -0.0800. The van der Waals surface area contributed by atoms with E-state index in [1.807, 2.05) is 0 Å². The predicted molar refractivity (Wildman–Crippen MR) is 53.6 cm³/mol. The molecule has 0 spiro atoms. The van der Waals surface area contributed by atoms with E-state index < -0.39 is 0 Å². The van der Waals surface area contributed by atoms with E-state index in [-0.39, 0.29) is 6.29 Å². The quantitative estimate of drug-likeness (QED) is 0.486. The van der Waals surface area contributed by atoms with Crippen LogP contribution in [0.5, 0.6) is 0 Å². The molecule has 0 bridgehead atoms. The Morgan fingerprint density at radius 1 is 1.31 bits per heavy atom. The number of hydrogen-bond donors (Lipinski definition) is 0. The molecule has 2 nitrogen and oxygen atoms in total. The van der Waals surface area contributed by atoms with Crippen LogP contribution in [0.15, 0.2) is 0 Å². The van der Waals surface area contributed by atoms with Gasteiger partial charge in [-0.3, -0.25) is 0 Å². The Kier molecular flexibility index (Phi) is 3.74. The average Bonchev–Trinajstić information content (AvgIpc) is 2.75. The van der Waals surface area contributed by atoms with Gasteiger partial charge in [0.25, 0.3) is 0 Å². The van der Waals surface area contributed by atoms with Crippen LogP contribution in [0.3, 0.4) is 0 Å². The van der Waals surface area contributed by atoms with Gasteiger partial charge < -0.3 is 9.47 Å². The molecule has 1 fully saturated rings. The molecule has 1 saturated heterocycles. The third-order valence-electron chi connectivity index (χ3n) is 2.29. The topological polar surface area (TPSA) is 21.8 Å². The number of ether oxygens (including phenoxy) is 2. The van der Waals surface area contributed by atoms with Gasteiger partial charge in [0, 0.05) is 6.61 Å². The summed E-state index contributed by atoms with van der Waals surface area (Å²) < 4.78 is 10.8. The zero-order valence-electron chi connectivity index (χ0n) is 9.30. The Bertz CT molecular complexity index is 149. The van der Waals surface area contributed by atoms with Gasteiger partial charge in [0.05, 0.1) is 0 Å². The Morgan fingerprint density at radius 3 is 2.46 bits per heavy atom. The second kappa shape index (κ2) is 4.43. The van der Waals surface area contributed by atoms with E-state index in [9.17, 15) is 0 Å². The molecule has 2 atom stereocenters. The lowest BCUT2D eigenvalue weighted by molar-refractivity contribution is 0.0444. The Balaban J connectivity index is 1.91. The van der Waals surface area contributed by atoms with Gasteiger partial charge in [-0.1, -0.05) is 27.7 Å². The number of epoxide rings is 1. The van der Waals surface area contributed by atoms with Crippen molar-refractivity contribution >= 4 is 0 Å². The number of rotatable bonds is 5. The summed E-state index contributed by atoms with van der Waals surface area (Å²) >= 11 is 0. The summed E-state index contributed by atoms with van der Waals surface area (Å²) in [6.45, 7) is 9.75. The van der Waals surface area contributed by atoms with Crippen molar-refractivity contribution < 1.29 is 9.47 Å². The molecule has 1 aliphatic rings. The van der Waals surface area contributed by atoms with Crippen molar-refractivity contribution in [3.63, 3.8) is 0 Å². The average molecular weight is 186 g/mol. The molecule has 1 rings (SSSR count). The fourth-order valence-corrected chi connectivity index (χ4v) is 1.36. The van der Waals surface area contributed by atoms with Crippen LogP contribution in [0.25, 0.3) is 0 Å². The van der Waals surface area contributed by atoms with Crippen LogP contribution < -0.4 is 0 Å². The molecule has 2 unspecified atom stereocenters. The number of hydrogen-bond acceptors (Lipinski definition) is 2. The first-order valence-electron chi connectivity index (χ1n) is 5.30. The summed E-state index contributed by atoms with van der Waals surface area (Å²) in [7, 11) is 0. The highest BCUT2D eigenvalue weighted by atomic mass is 16.8. The summed E-state index contributed by atoms with van der Waals surface area (Å²) in [5.41, 5.74) is 0.428. The van der Waals surface area contributed by atoms with Crippen LogP contribution >= 0.6 is 0 Å². The normalized spacial score (nSPS) is 27.7. The van der Waals surface area contributed by atoms with Gasteiger partial charge in [0.1, 0.15) is 6.10 Å². The minimum Gasteiger partial charge on any atom is -0.350 e. The molecule has 1 aliphatic heterocycles. The summed E-state index contributed by atoms with van der Waals surface area (Å²) in [5, 5.41) is 0. The summed E-state index contributed by atoms with van der Waals surface area (Å²) in [5.74, 6) is 0. The largest absolute Gasteiger partial charge is 0.350 e. The van der Waals surface area contributed by atoms with Gasteiger partial charge in [0.2, 0.25) is 0 Å². The zero-order valence-corrected chi connectivity index (χ0v) is 9.30. The predicted octanol–water partition coefficient (Wildman–Crippen LogP) is 2.96. The lowest BCUT2D eigenvalue weighted by Crippen LogP contribution is -2.08. The van der Waals surface area contributed by atoms with Gasteiger partial charge in [-0.25, -0.2) is 0 Å². The van der Waals surface area contributed by atoms with Gasteiger partial charge in [-0.05, 0) is 24.7 Å². The van der Waals surface area contributed by atoms with Gasteiger partial charge in [-0.2, -0.15) is 0 Å². The highest BCUT2D eigenvalue weighted by Crippen LogP contribution is 2.27. The van der Waals surface area contributed by atoms with Crippen molar-refractivity contribution in [2.24, 2.45) is 5.41 Å². The molecular weight excluding hydrogens is 164 g/mol. The summed E-state index contributed by atoms with van der Waals surface area (Å²) in [6, 6.07) is 0. The highest BCUT2D eigenvalue weighted by molar-refractivity contribution is 4.74. The minimum absolute atomic E-state index is 0.116. The minimum atomic E-state index is 0.116. The van der Waals surface area contributed by atoms with Crippen LogP contribution in [0, 0.1) is 5.41 Å². The first-order valence-corrected chi connectivity index (χ1v) is 5.30. The first-order chi connectivity index (χ1) is 6.03. The molecule has 0 aliphatic carbocycles. The first kappa shape index (κ1) is 11.0. The second-order valence-corrected chi connectivity index (χ2v) is 4.99. The monoisotopic (exact) mass is 186 g/mol. The van der Waals surface area contributed by atoms with Crippen LogP contribution in [-0.2, 0) is 9.47 Å². The molecule has 0 aromatic heterocycles. The maximum absolute atomic E-state index is 5.53. The van der Waals surface area contributed by atoms with Crippen LogP contribution in [0.1, 0.15) is 47.0 Å². The molecule has 0 N–H and O–H groups in total. The molecule has 0 amide bonds. The van der Waals surface area contributed by atoms with E-state index in [2.05, 4.69) is 27.7 Å². The van der Waals surface area contributed by atoms with Crippen LogP contribution in [0.4, 0.5) is 0 Å². The second-order valence-electron chi connectivity index (χ2n) is 4.99. The smallest absolute Gasteiger partial charge is 0.184 e. The van der Waals surface area contributed by atoms with Crippen molar-refractivity contribution in [1.82, 2.24) is 0 Å². The van der Waals surface area contributed by atoms with Gasteiger partial charge >= 0.3 is 0 Å². The molecule has 0 radical (unpaired) electrons. The standard InChI is InChI=1S/C11H22O2/c1-5-9-10(13-9)12-8-6-7-11(2,3)4/h9-10H,5-8H2,1-4H3. The zero-order chi connectivity index (χ0) is 9.90. The molecule has 2 heteroatoms. The summed E-state index contributed by atoms with van der Waals surface area (Å²) in [4.78, 5) is 0. The van der Waals surface area contributed by atoms with Crippen molar-refractivity contribution in [1.29, 1.82) is 0 Å².